The number of anilines is 2. The van der Waals surface area contributed by atoms with Crippen molar-refractivity contribution in [1.82, 2.24) is 44.7 Å². The number of hydrogen-bond donors (Lipinski definition) is 3. The summed E-state index contributed by atoms with van der Waals surface area (Å²) in [6.07, 6.45) is 7.24. The number of rotatable bonds is 15. The number of piperazine rings is 1. The van der Waals surface area contributed by atoms with E-state index in [1.807, 2.05) is 82.4 Å². The zero-order chi connectivity index (χ0) is 43.3. The van der Waals surface area contributed by atoms with Crippen LogP contribution in [0.2, 0.25) is 0 Å². The maximum atomic E-state index is 13.6. The van der Waals surface area contributed by atoms with E-state index in [2.05, 4.69) is 30.4 Å². The number of nitrogen functional groups attached to an aromatic ring is 1. The van der Waals surface area contributed by atoms with Gasteiger partial charge in [-0.25, -0.2) is 14.6 Å². The molecule has 6 heterocycles. The number of unbranched alkanes of at least 4 members (excludes halogenated alkanes) is 1. The van der Waals surface area contributed by atoms with Gasteiger partial charge in [0.1, 0.15) is 35.4 Å². The van der Waals surface area contributed by atoms with Crippen LogP contribution in [0, 0.1) is 0 Å². The first-order valence-electron chi connectivity index (χ1n) is 22.3. The highest BCUT2D eigenvalue weighted by molar-refractivity contribution is 6.06. The number of piperidine rings is 2. The molecule has 3 saturated heterocycles. The lowest BCUT2D eigenvalue weighted by Crippen LogP contribution is -2.52. The van der Waals surface area contributed by atoms with Gasteiger partial charge in [-0.15, -0.1) is 0 Å². The van der Waals surface area contributed by atoms with Gasteiger partial charge in [-0.1, -0.05) is 24.3 Å². The van der Waals surface area contributed by atoms with Gasteiger partial charge >= 0.3 is 0 Å². The number of benzene rings is 3. The van der Waals surface area contributed by atoms with Crippen LogP contribution in [0.25, 0.3) is 22.3 Å². The number of ether oxygens (including phenoxy) is 1. The number of nitrogens with two attached hydrogens (primary N) is 1. The number of nitrogens with zero attached hydrogens (tertiary/aromatic N) is 8. The Kier molecular flexibility index (Phi) is 12.6. The van der Waals surface area contributed by atoms with Crippen LogP contribution in [0.1, 0.15) is 73.3 Å². The third kappa shape index (κ3) is 9.37. The molecule has 0 aliphatic carbocycles. The van der Waals surface area contributed by atoms with Crippen LogP contribution in [0.4, 0.5) is 11.5 Å². The van der Waals surface area contributed by atoms with Crippen LogP contribution in [-0.4, -0.2) is 128 Å². The topological polar surface area (TPSA) is 184 Å². The van der Waals surface area contributed by atoms with Crippen LogP contribution < -0.4 is 21.1 Å². The standard InChI is InChI=1S/C47H55N11O5/c48-44-42-43(32-15-17-35(18-16-32)63-34-10-2-1-3-11-34)53-58(45(42)51-31-50-44)33-9-7-24-56(29-33)41(60)14-8-23-55-27-25-54(26-28-55)22-5-4-21-49-38-13-6-12-36-37(38)30-57(47(36)62)39-19-20-40(59)52-46(39)61/h1-3,6,10-13,15-18,31,33,39,49H,4-5,7-9,14,19-30H2,(H2,48,50,51)(H,52,59,61). The van der Waals surface area contributed by atoms with Crippen molar-refractivity contribution in [2.75, 3.05) is 70.0 Å². The largest absolute Gasteiger partial charge is 0.457 e. The molecule has 4 aliphatic heterocycles. The minimum atomic E-state index is -0.618. The lowest BCUT2D eigenvalue weighted by molar-refractivity contribution is -0.137. The predicted molar refractivity (Wildman–Crippen MR) is 239 cm³/mol. The van der Waals surface area contributed by atoms with E-state index in [4.69, 9.17) is 15.6 Å². The van der Waals surface area contributed by atoms with E-state index in [9.17, 15) is 19.2 Å². The molecule has 0 radical (unpaired) electrons. The Morgan fingerprint density at radius 3 is 2.38 bits per heavy atom. The van der Waals surface area contributed by atoms with E-state index in [0.717, 1.165) is 113 Å². The molecular weight excluding hydrogens is 799 g/mol. The highest BCUT2D eigenvalue weighted by atomic mass is 16.5. The Balaban J connectivity index is 0.700. The van der Waals surface area contributed by atoms with Gasteiger partial charge in [-0.2, -0.15) is 5.10 Å². The molecule has 9 rings (SSSR count). The SMILES string of the molecule is Nc1ncnc2c1c(-c1ccc(Oc3ccccc3)cc1)nn2C1CCCN(C(=O)CCCN2CCN(CCCCNc3cccc4c3CN(C3CCC(=O)NC3=O)C4=O)CC2)C1. The van der Waals surface area contributed by atoms with Gasteiger partial charge in [0.25, 0.3) is 5.91 Å². The van der Waals surface area contributed by atoms with E-state index < -0.39 is 11.9 Å². The molecule has 2 atom stereocenters. The van der Waals surface area contributed by atoms with Crippen molar-refractivity contribution in [1.29, 1.82) is 0 Å². The Morgan fingerprint density at radius 1 is 0.841 bits per heavy atom. The predicted octanol–water partition coefficient (Wildman–Crippen LogP) is 5.08. The maximum absolute atomic E-state index is 13.6. The van der Waals surface area contributed by atoms with Gasteiger partial charge in [0.15, 0.2) is 5.65 Å². The summed E-state index contributed by atoms with van der Waals surface area (Å²) >= 11 is 0. The zero-order valence-corrected chi connectivity index (χ0v) is 35.6. The second-order valence-corrected chi connectivity index (χ2v) is 17.0. The van der Waals surface area contributed by atoms with E-state index >= 15 is 0 Å². The third-order valence-electron chi connectivity index (χ3n) is 12.8. The van der Waals surface area contributed by atoms with Gasteiger partial charge in [-0.3, -0.25) is 24.5 Å². The lowest BCUT2D eigenvalue weighted by Gasteiger charge is -2.35. The summed E-state index contributed by atoms with van der Waals surface area (Å²) < 4.78 is 7.95. The fourth-order valence-corrected chi connectivity index (χ4v) is 9.42. The van der Waals surface area contributed by atoms with Gasteiger partial charge in [0, 0.05) is 87.6 Å². The van der Waals surface area contributed by atoms with Crippen molar-refractivity contribution in [2.45, 2.75) is 70.0 Å². The molecular formula is C47H55N11O5. The van der Waals surface area contributed by atoms with Crippen LogP contribution >= 0.6 is 0 Å². The Bertz CT molecular complexity index is 2450. The average Bonchev–Trinajstić information content (AvgIpc) is 3.86. The number of likely N-dealkylation sites (tertiary alicyclic amines) is 1. The molecule has 0 saturated carbocycles. The molecule has 3 fully saturated rings. The van der Waals surface area contributed by atoms with Crippen LogP contribution in [0.15, 0.2) is 79.1 Å². The molecule has 4 aliphatic rings. The summed E-state index contributed by atoms with van der Waals surface area (Å²) in [5, 5.41) is 11.7. The molecule has 63 heavy (non-hydrogen) atoms. The van der Waals surface area contributed by atoms with Crippen molar-refractivity contribution in [3.63, 3.8) is 0 Å². The molecule has 0 bridgehead atoms. The van der Waals surface area contributed by atoms with Crippen molar-refractivity contribution in [3.05, 3.63) is 90.3 Å². The van der Waals surface area contributed by atoms with E-state index in [-0.39, 0.29) is 30.2 Å². The quantitative estimate of drug-likeness (QED) is 0.0939. The van der Waals surface area contributed by atoms with E-state index in [1.165, 1.54) is 6.33 Å². The molecule has 4 N–H and O–H groups in total. The van der Waals surface area contributed by atoms with Gasteiger partial charge in [0.05, 0.1) is 11.4 Å². The number of para-hydroxylation sites is 1. The van der Waals surface area contributed by atoms with Crippen molar-refractivity contribution >= 4 is 46.2 Å². The van der Waals surface area contributed by atoms with Crippen molar-refractivity contribution < 1.29 is 23.9 Å². The Hall–Kier alpha value is -6.39. The second-order valence-electron chi connectivity index (χ2n) is 17.0. The lowest BCUT2D eigenvalue weighted by atomic mass is 10.0. The fraction of sp³-hybridized carbons (Fsp3) is 0.426. The molecule has 16 nitrogen and oxygen atoms in total. The zero-order valence-electron chi connectivity index (χ0n) is 35.6. The molecule has 3 aromatic carbocycles. The summed E-state index contributed by atoms with van der Waals surface area (Å²) in [6, 6.07) is 22.5. The molecule has 4 amide bonds. The molecule has 0 spiro atoms. The number of fused-ring (bicyclic) bond motifs is 2. The number of imide groups is 1. The molecule has 2 unspecified atom stereocenters. The first-order valence-corrected chi connectivity index (χ1v) is 22.3. The van der Waals surface area contributed by atoms with Gasteiger partial charge < -0.3 is 35.4 Å². The summed E-state index contributed by atoms with van der Waals surface area (Å²) in [5.41, 5.74) is 11.2. The summed E-state index contributed by atoms with van der Waals surface area (Å²) in [6.45, 7) is 8.42. The monoisotopic (exact) mass is 853 g/mol. The molecule has 2 aromatic heterocycles. The third-order valence-corrected chi connectivity index (χ3v) is 12.8. The average molecular weight is 854 g/mol. The molecule has 5 aromatic rings. The van der Waals surface area contributed by atoms with Crippen molar-refractivity contribution in [2.24, 2.45) is 0 Å². The van der Waals surface area contributed by atoms with Crippen LogP contribution in [0.5, 0.6) is 11.5 Å². The number of aromatic nitrogens is 4. The Labute approximate surface area is 366 Å². The number of nitrogens with one attached hydrogen (secondary N) is 2. The van der Waals surface area contributed by atoms with Gasteiger partial charge in [-0.05, 0) is 100 Å². The Morgan fingerprint density at radius 2 is 1.60 bits per heavy atom. The number of carbonyl (C=O) groups is 4. The first-order chi connectivity index (χ1) is 30.8. The number of amides is 4. The minimum absolute atomic E-state index is 0.0275. The number of carbonyl (C=O) groups excluding carboxylic acids is 4. The second kappa shape index (κ2) is 18.9. The normalized spacial score (nSPS) is 19.7. The smallest absolute Gasteiger partial charge is 0.255 e. The highest BCUT2D eigenvalue weighted by Crippen LogP contribution is 2.36. The van der Waals surface area contributed by atoms with Gasteiger partial charge in [0.2, 0.25) is 17.7 Å². The van der Waals surface area contributed by atoms with Crippen LogP contribution in [-0.2, 0) is 20.9 Å². The summed E-state index contributed by atoms with van der Waals surface area (Å²) in [5.74, 6) is 1.21. The van der Waals surface area contributed by atoms with E-state index in [1.54, 1.807) is 4.90 Å². The molecule has 16 heteroatoms. The minimum Gasteiger partial charge on any atom is -0.457 e. The fourth-order valence-electron chi connectivity index (χ4n) is 9.42. The summed E-state index contributed by atoms with van der Waals surface area (Å²) in [7, 11) is 0. The highest BCUT2D eigenvalue weighted by Gasteiger charge is 2.40. The summed E-state index contributed by atoms with van der Waals surface area (Å²) in [4.78, 5) is 68.3. The number of hydrogen-bond acceptors (Lipinski definition) is 12. The van der Waals surface area contributed by atoms with Crippen molar-refractivity contribution in [3.8, 4) is 22.8 Å². The first kappa shape index (κ1) is 41.9. The van der Waals surface area contributed by atoms with Crippen LogP contribution in [0.3, 0.4) is 0 Å². The maximum Gasteiger partial charge on any atom is 0.255 e. The molecule has 328 valence electrons. The van der Waals surface area contributed by atoms with E-state index in [0.29, 0.717) is 54.0 Å².